The van der Waals surface area contributed by atoms with E-state index in [-0.39, 0.29) is 60.8 Å². The van der Waals surface area contributed by atoms with Crippen LogP contribution in [0, 0.1) is 41.5 Å². The van der Waals surface area contributed by atoms with Crippen LogP contribution in [0.4, 0.5) is 0 Å². The molecule has 14 heteroatoms. The fourth-order valence-corrected chi connectivity index (χ4v) is 12.2. The summed E-state index contributed by atoms with van der Waals surface area (Å²) in [7, 11) is -3.34. The summed E-state index contributed by atoms with van der Waals surface area (Å²) in [4.78, 5) is 0. The molecule has 0 amide bonds. The van der Waals surface area contributed by atoms with Crippen molar-refractivity contribution in [1.29, 1.82) is 0 Å². The molecule has 0 aromatic heterocycles. The van der Waals surface area contributed by atoms with Crippen molar-refractivity contribution in [3.05, 3.63) is 151 Å². The van der Waals surface area contributed by atoms with Gasteiger partial charge in [-0.2, -0.15) is 0 Å². The van der Waals surface area contributed by atoms with E-state index < -0.39 is 22.3 Å². The number of aliphatic hydroxyl groups excluding tert-OH is 1. The van der Waals surface area contributed by atoms with Gasteiger partial charge in [0.05, 0.1) is 13.5 Å². The van der Waals surface area contributed by atoms with Gasteiger partial charge in [0.15, 0.2) is 6.61 Å². The summed E-state index contributed by atoms with van der Waals surface area (Å²) in [6, 6.07) is 22.3. The average molecular weight is 1420 g/mol. The number of benzene rings is 5. The van der Waals surface area contributed by atoms with Crippen LogP contribution in [-0.4, -0.2) is 23.4 Å². The van der Waals surface area contributed by atoms with Crippen LogP contribution >= 0.6 is 67.3 Å². The van der Waals surface area contributed by atoms with Gasteiger partial charge in [-0.1, -0.05) is 268 Å². The van der Waals surface area contributed by atoms with Crippen LogP contribution in [0.1, 0.15) is 298 Å². The number of phenolic OH excluding ortho intramolecular Hbond substituents is 1. The lowest BCUT2D eigenvalue weighted by atomic mass is 9.79. The van der Waals surface area contributed by atoms with Crippen LogP contribution in [0.5, 0.6) is 28.7 Å². The second-order valence-corrected chi connectivity index (χ2v) is 43.3. The first-order valence-electron chi connectivity index (χ1n) is 32.8. The van der Waals surface area contributed by atoms with Crippen molar-refractivity contribution in [3.63, 3.8) is 0 Å². The normalized spacial score (nSPS) is 12.9. The van der Waals surface area contributed by atoms with Gasteiger partial charge in [0.25, 0.3) is 5.98 Å². The highest BCUT2D eigenvalue weighted by atomic mass is 36.0. The molecular formula is C79H127Cl4O7P3+2. The number of rotatable bonds is 10. The Kier molecular flexibility index (Phi) is 32.2. The zero-order valence-corrected chi connectivity index (χ0v) is 70.5. The van der Waals surface area contributed by atoms with E-state index in [1.807, 2.05) is 13.8 Å². The quantitative estimate of drug-likeness (QED) is 0.106. The minimum absolute atomic E-state index is 0. The molecule has 0 fully saturated rings. The van der Waals surface area contributed by atoms with E-state index >= 15 is 0 Å². The Morgan fingerprint density at radius 1 is 0.355 bits per heavy atom. The highest BCUT2D eigenvalue weighted by Crippen LogP contribution is 2.54. The Morgan fingerprint density at radius 2 is 0.538 bits per heavy atom. The molecule has 0 aliphatic heterocycles. The summed E-state index contributed by atoms with van der Waals surface area (Å²) in [6.45, 7) is 82.6. The van der Waals surface area contributed by atoms with E-state index in [4.69, 9.17) is 72.7 Å². The van der Waals surface area contributed by atoms with Crippen molar-refractivity contribution in [2.24, 2.45) is 0 Å². The fourth-order valence-electron chi connectivity index (χ4n) is 9.81. The molecule has 0 aliphatic carbocycles. The first-order chi connectivity index (χ1) is 41.5. The minimum Gasteiger partial charge on any atom is -0.507 e. The lowest BCUT2D eigenvalue weighted by molar-refractivity contribution is 0.275. The Labute approximate surface area is 592 Å². The minimum atomic E-state index is -1.70. The third-order valence-electron chi connectivity index (χ3n) is 15.7. The molecule has 0 bridgehead atoms. The molecule has 2 N–H and O–H groups in total. The molecule has 93 heavy (non-hydrogen) atoms. The summed E-state index contributed by atoms with van der Waals surface area (Å²) in [6.07, 6.45) is 0. The van der Waals surface area contributed by atoms with Crippen LogP contribution in [0.3, 0.4) is 0 Å². The van der Waals surface area contributed by atoms with E-state index in [0.29, 0.717) is 12.4 Å². The molecule has 0 heterocycles. The molecule has 0 radical (unpaired) electrons. The van der Waals surface area contributed by atoms with Crippen molar-refractivity contribution < 1.29 is 32.8 Å². The number of phenols is 1. The van der Waals surface area contributed by atoms with Crippen LogP contribution < -0.4 is 18.1 Å². The van der Waals surface area contributed by atoms with Gasteiger partial charge in [-0.25, -0.2) is 0 Å². The molecule has 7 nitrogen and oxygen atoms in total. The standard InChI is InChI=1S/C32H51O3P.C30H46ClO2P.C15H24O.C2H5O.Cl3P/c1-16-33-36(34-27-21(2)17-23(29(4,5)6)19-25(27)31(10,11)12)35-28-22(3)18-24(30(7,8)9)20-26(28)32(13,14)15;1-19-15-21(27(3,4)5)17-23(29(9,10)11)25(19)32-34(31)33-26-20(2)16-22(28(6,7)8)18-24(26)30(12,13)14;1-10-8-11(14(2,3)4)9-12(13(10)16)15(5,6)7;1-2-3;1-4(2)3/h17-20H,16H2,1-15H3;15-18H,1-14H3;8-9,16H,1-7H3;3H,1-2H2;/q;;;+1;/p+1. The van der Waals surface area contributed by atoms with Crippen molar-refractivity contribution >= 4 is 67.3 Å². The monoisotopic (exact) mass is 1420 g/mol. The van der Waals surface area contributed by atoms with Crippen LogP contribution in [0.15, 0.2) is 60.7 Å². The smallest absolute Gasteiger partial charge is 0.463 e. The molecule has 5 aromatic rings. The molecule has 0 unspecified atom stereocenters. The summed E-state index contributed by atoms with van der Waals surface area (Å²) in [5.41, 5.74) is 17.5. The maximum Gasteiger partial charge on any atom is 0.463 e. The number of aromatic hydroxyl groups is 1. The summed E-state index contributed by atoms with van der Waals surface area (Å²) < 4.78 is 32.2. The van der Waals surface area contributed by atoms with Crippen LogP contribution in [0.25, 0.3) is 0 Å². The molecular weight excluding hydrogens is 1300 g/mol. The number of hydrogen-bond donors (Lipinski definition) is 2. The van der Waals surface area contributed by atoms with E-state index in [9.17, 15) is 5.11 Å². The number of hydrogen-bond acceptors (Lipinski definition) is 7. The van der Waals surface area contributed by atoms with E-state index in [1.165, 1.54) is 38.9 Å². The Balaban J connectivity index is 0.000000700. The molecule has 0 atom stereocenters. The average Bonchev–Trinajstić information content (AvgIpc) is 0.807. The summed E-state index contributed by atoms with van der Waals surface area (Å²) in [5, 5.41) is 17.6. The molecule has 0 spiro atoms. The largest absolute Gasteiger partial charge is 0.507 e. The molecule has 5 rings (SSSR count). The maximum atomic E-state index is 10.1. The first kappa shape index (κ1) is 88.4. The SMILES string of the molecule is CCOP(Oc1c(C)cc(C(C)(C)C)cc1C(C)(C)C)Oc1c(C)cc(C(C)(C)C)cc1C(C)(C)C.Cc1cc(C(C)(C)C)cc(C(C)(C)C)c1O.Cc1cc(C(C)(C)C)cc(C(C)(C)C)c1OP(Cl)Oc1c(C)cc(C(C)(C)C)cc1C(C)(C)C.Cl[PH+](Cl)Cl.[CH2+]CO. The predicted octanol–water partition coefficient (Wildman–Crippen LogP) is 27.4. The van der Waals surface area contributed by atoms with E-state index in [1.54, 1.807) is 0 Å². The summed E-state index contributed by atoms with van der Waals surface area (Å²) in [5.74, 6) is 2.40. The van der Waals surface area contributed by atoms with Gasteiger partial charge in [0, 0.05) is 22.3 Å². The van der Waals surface area contributed by atoms with E-state index in [0.717, 1.165) is 67.5 Å². The van der Waals surface area contributed by atoms with Crippen molar-refractivity contribution in [2.75, 3.05) is 13.2 Å². The molecule has 5 aromatic carbocycles. The molecule has 0 saturated heterocycles. The van der Waals surface area contributed by atoms with Gasteiger partial charge in [0.1, 0.15) is 62.5 Å². The predicted molar refractivity (Wildman–Crippen MR) is 417 cm³/mol. The van der Waals surface area contributed by atoms with Gasteiger partial charge in [0.2, 0.25) is 0 Å². The Bertz CT molecular complexity index is 3040. The third-order valence-corrected chi connectivity index (χ3v) is 17.9. The highest BCUT2D eigenvalue weighted by molar-refractivity contribution is 8.20. The van der Waals surface area contributed by atoms with Gasteiger partial charge in [-0.3, -0.25) is 4.52 Å². The van der Waals surface area contributed by atoms with Gasteiger partial charge < -0.3 is 28.3 Å². The second-order valence-electron chi connectivity index (χ2n) is 35.0. The summed E-state index contributed by atoms with van der Waals surface area (Å²) >= 11 is 21.5. The molecule has 0 saturated carbocycles. The first-order valence-corrected chi connectivity index (χ1v) is 40.5. The zero-order chi connectivity index (χ0) is 73.3. The van der Waals surface area contributed by atoms with Crippen LogP contribution in [0.2, 0.25) is 0 Å². The number of aryl methyl sites for hydroxylation is 5. The maximum absolute atomic E-state index is 10.1. The van der Waals surface area contributed by atoms with Gasteiger partial charge in [-0.05, 0) is 168 Å². The second kappa shape index (κ2) is 33.9. The molecule has 0 aliphatic rings. The Morgan fingerprint density at radius 3 is 0.720 bits per heavy atom. The van der Waals surface area contributed by atoms with Crippen molar-refractivity contribution in [1.82, 2.24) is 0 Å². The number of halogens is 4. The Hall–Kier alpha value is -2.66. The van der Waals surface area contributed by atoms with Crippen molar-refractivity contribution in [2.45, 2.75) is 303 Å². The number of aliphatic hydroxyl groups is 1. The van der Waals surface area contributed by atoms with Gasteiger partial charge >= 0.3 is 16.3 Å². The molecule has 526 valence electrons. The van der Waals surface area contributed by atoms with Crippen LogP contribution in [-0.2, 0) is 58.7 Å². The topological polar surface area (TPSA) is 86.6 Å². The van der Waals surface area contributed by atoms with Gasteiger partial charge in [-0.15, -0.1) is 0 Å². The van der Waals surface area contributed by atoms with Crippen molar-refractivity contribution in [3.8, 4) is 28.7 Å². The van der Waals surface area contributed by atoms with E-state index in [2.05, 4.69) is 303 Å². The lowest BCUT2D eigenvalue weighted by Gasteiger charge is -2.31. The lowest BCUT2D eigenvalue weighted by Crippen LogP contribution is -2.19. The fraction of sp³-hybridized carbons (Fsp3) is 0.608. The third kappa shape index (κ3) is 27.9. The zero-order valence-electron chi connectivity index (χ0n) is 64.7. The highest BCUT2D eigenvalue weighted by Gasteiger charge is 2.34.